The van der Waals surface area contributed by atoms with Gasteiger partial charge in [0.1, 0.15) is 6.61 Å². The molecule has 10 heteroatoms. The molecule has 0 spiro atoms. The zero-order valence-corrected chi connectivity index (χ0v) is 19.4. The standard InChI is InChI=1S/C24H23N3O6S/c1-3-32-23(30)19-17(26-24(31)27-20(19)14-7-5-4-6-8-14)12-33-22(29)15-9-10-18-16(11-15)25-21(28)13(2)34-18/h4-11,13,20H,3,12H2,1-2H3,(H,25,28)(H2,26,27,31). The Morgan fingerprint density at radius 1 is 1.00 bits per heavy atom. The van der Waals surface area contributed by atoms with Crippen LogP contribution >= 0.6 is 11.8 Å². The van der Waals surface area contributed by atoms with Crippen molar-refractivity contribution in [3.05, 3.63) is 70.9 Å². The lowest BCUT2D eigenvalue weighted by Crippen LogP contribution is -2.47. The van der Waals surface area contributed by atoms with Gasteiger partial charge in [-0.25, -0.2) is 14.4 Å². The monoisotopic (exact) mass is 481 g/mol. The van der Waals surface area contributed by atoms with Crippen molar-refractivity contribution in [2.24, 2.45) is 0 Å². The normalized spacial score (nSPS) is 19.4. The van der Waals surface area contributed by atoms with E-state index in [0.29, 0.717) is 11.3 Å². The summed E-state index contributed by atoms with van der Waals surface area (Å²) >= 11 is 1.41. The van der Waals surface area contributed by atoms with E-state index in [9.17, 15) is 19.2 Å². The molecule has 2 unspecified atom stereocenters. The number of carbonyl (C=O) groups excluding carboxylic acids is 4. The number of hydrogen-bond donors (Lipinski definition) is 3. The van der Waals surface area contributed by atoms with Gasteiger partial charge in [0.15, 0.2) is 0 Å². The summed E-state index contributed by atoms with van der Waals surface area (Å²) in [5, 5.41) is 7.84. The van der Waals surface area contributed by atoms with E-state index in [4.69, 9.17) is 9.47 Å². The van der Waals surface area contributed by atoms with Gasteiger partial charge in [0, 0.05) is 4.90 Å². The van der Waals surface area contributed by atoms with Gasteiger partial charge in [-0.15, -0.1) is 11.8 Å². The molecule has 2 heterocycles. The minimum absolute atomic E-state index is 0.139. The molecule has 176 valence electrons. The molecule has 4 rings (SSSR count). The number of benzene rings is 2. The fourth-order valence-corrected chi connectivity index (χ4v) is 4.56. The van der Waals surface area contributed by atoms with Gasteiger partial charge in [0.2, 0.25) is 5.91 Å². The van der Waals surface area contributed by atoms with Gasteiger partial charge in [0.05, 0.1) is 40.4 Å². The number of rotatable bonds is 6. The Labute approximate surface area is 200 Å². The van der Waals surface area contributed by atoms with E-state index in [1.54, 1.807) is 56.3 Å². The lowest BCUT2D eigenvalue weighted by atomic mass is 9.95. The quantitative estimate of drug-likeness (QED) is 0.542. The van der Waals surface area contributed by atoms with Crippen molar-refractivity contribution in [3.63, 3.8) is 0 Å². The minimum Gasteiger partial charge on any atom is -0.463 e. The molecule has 0 radical (unpaired) electrons. The highest BCUT2D eigenvalue weighted by molar-refractivity contribution is 8.00. The van der Waals surface area contributed by atoms with Crippen molar-refractivity contribution in [1.82, 2.24) is 10.6 Å². The van der Waals surface area contributed by atoms with Crippen LogP contribution in [-0.2, 0) is 19.1 Å². The third kappa shape index (κ3) is 4.91. The van der Waals surface area contributed by atoms with Crippen LogP contribution in [0.1, 0.15) is 35.8 Å². The van der Waals surface area contributed by atoms with E-state index in [1.165, 1.54) is 11.8 Å². The molecule has 2 aliphatic rings. The summed E-state index contributed by atoms with van der Waals surface area (Å²) in [4.78, 5) is 50.7. The smallest absolute Gasteiger partial charge is 0.338 e. The van der Waals surface area contributed by atoms with E-state index in [2.05, 4.69) is 16.0 Å². The van der Waals surface area contributed by atoms with Crippen molar-refractivity contribution in [3.8, 4) is 0 Å². The molecule has 0 aromatic heterocycles. The Hall–Kier alpha value is -3.79. The van der Waals surface area contributed by atoms with Crippen LogP contribution in [0.2, 0.25) is 0 Å². The van der Waals surface area contributed by atoms with Crippen LogP contribution in [0.15, 0.2) is 64.7 Å². The van der Waals surface area contributed by atoms with E-state index in [-0.39, 0.29) is 41.2 Å². The highest BCUT2D eigenvalue weighted by Gasteiger charge is 2.34. The number of hydrogen-bond acceptors (Lipinski definition) is 7. The van der Waals surface area contributed by atoms with Crippen LogP contribution < -0.4 is 16.0 Å². The molecule has 9 nitrogen and oxygen atoms in total. The average molecular weight is 482 g/mol. The second kappa shape index (κ2) is 10.0. The van der Waals surface area contributed by atoms with E-state index < -0.39 is 24.0 Å². The first-order valence-corrected chi connectivity index (χ1v) is 11.6. The predicted octanol–water partition coefficient (Wildman–Crippen LogP) is 3.15. The molecular weight excluding hydrogens is 458 g/mol. The number of amides is 3. The first-order valence-electron chi connectivity index (χ1n) is 10.7. The van der Waals surface area contributed by atoms with Gasteiger partial charge in [-0.1, -0.05) is 30.3 Å². The summed E-state index contributed by atoms with van der Waals surface area (Å²) in [6.45, 7) is 3.27. The van der Waals surface area contributed by atoms with Crippen molar-refractivity contribution in [1.29, 1.82) is 0 Å². The van der Waals surface area contributed by atoms with Gasteiger partial charge in [-0.05, 0) is 37.6 Å². The lowest BCUT2D eigenvalue weighted by molar-refractivity contribution is -0.139. The summed E-state index contributed by atoms with van der Waals surface area (Å²) in [5.74, 6) is -1.44. The Balaban J connectivity index is 1.58. The molecule has 0 saturated heterocycles. The minimum atomic E-state index is -0.763. The van der Waals surface area contributed by atoms with Crippen molar-refractivity contribution in [2.45, 2.75) is 30.0 Å². The molecule has 3 amide bonds. The fraction of sp³-hybridized carbons (Fsp3) is 0.250. The Morgan fingerprint density at radius 3 is 2.50 bits per heavy atom. The van der Waals surface area contributed by atoms with Gasteiger partial charge < -0.3 is 25.4 Å². The van der Waals surface area contributed by atoms with Crippen LogP contribution in [0.3, 0.4) is 0 Å². The molecule has 3 N–H and O–H groups in total. The highest BCUT2D eigenvalue weighted by atomic mass is 32.2. The molecular formula is C24H23N3O6S. The van der Waals surface area contributed by atoms with Crippen LogP contribution in [0.4, 0.5) is 10.5 Å². The summed E-state index contributed by atoms with van der Waals surface area (Å²) in [6, 6.07) is 12.6. The number of fused-ring (bicyclic) bond motifs is 1. The number of urea groups is 1. The summed E-state index contributed by atoms with van der Waals surface area (Å²) in [6.07, 6.45) is 0. The maximum atomic E-state index is 12.8. The zero-order chi connectivity index (χ0) is 24.2. The number of esters is 2. The topological polar surface area (TPSA) is 123 Å². The van der Waals surface area contributed by atoms with Crippen molar-refractivity contribution < 1.29 is 28.7 Å². The fourth-order valence-electron chi connectivity index (χ4n) is 3.63. The second-order valence-electron chi connectivity index (χ2n) is 7.59. The van der Waals surface area contributed by atoms with Gasteiger partial charge in [0.25, 0.3) is 0 Å². The van der Waals surface area contributed by atoms with Crippen molar-refractivity contribution >= 4 is 41.3 Å². The second-order valence-corrected chi connectivity index (χ2v) is 8.97. The Kier molecular flexibility index (Phi) is 6.87. The molecule has 0 bridgehead atoms. The largest absolute Gasteiger partial charge is 0.463 e. The number of thioether (sulfide) groups is 1. The summed E-state index contributed by atoms with van der Waals surface area (Å²) < 4.78 is 10.6. The number of ether oxygens (including phenoxy) is 2. The van der Waals surface area contributed by atoms with E-state index in [1.807, 2.05) is 6.07 Å². The van der Waals surface area contributed by atoms with Crippen LogP contribution in [0, 0.1) is 0 Å². The molecule has 2 atom stereocenters. The molecule has 0 aliphatic carbocycles. The Morgan fingerprint density at radius 2 is 1.76 bits per heavy atom. The summed E-state index contributed by atoms with van der Waals surface area (Å²) in [5.41, 5.74) is 1.74. The predicted molar refractivity (Wildman–Crippen MR) is 125 cm³/mol. The maximum Gasteiger partial charge on any atom is 0.338 e. The summed E-state index contributed by atoms with van der Waals surface area (Å²) in [7, 11) is 0. The van der Waals surface area contributed by atoms with E-state index in [0.717, 1.165) is 4.90 Å². The van der Waals surface area contributed by atoms with Crippen molar-refractivity contribution in [2.75, 3.05) is 18.5 Å². The molecule has 34 heavy (non-hydrogen) atoms. The number of carbonyl (C=O) groups is 4. The molecule has 2 aromatic rings. The van der Waals surface area contributed by atoms with Gasteiger partial charge in [-0.3, -0.25) is 4.79 Å². The first kappa shape index (κ1) is 23.4. The zero-order valence-electron chi connectivity index (χ0n) is 18.5. The molecule has 2 aliphatic heterocycles. The van der Waals surface area contributed by atoms with Gasteiger partial charge >= 0.3 is 18.0 Å². The van der Waals surface area contributed by atoms with Crippen LogP contribution in [0.25, 0.3) is 0 Å². The molecule has 2 aromatic carbocycles. The third-order valence-corrected chi connectivity index (χ3v) is 6.45. The van der Waals surface area contributed by atoms with Crippen LogP contribution in [0.5, 0.6) is 0 Å². The first-order chi connectivity index (χ1) is 16.4. The van der Waals surface area contributed by atoms with Crippen LogP contribution in [-0.4, -0.2) is 42.3 Å². The van der Waals surface area contributed by atoms with Gasteiger partial charge in [-0.2, -0.15) is 0 Å². The Bertz CT molecular complexity index is 1180. The SMILES string of the molecule is CCOC(=O)C1=C(COC(=O)c2ccc3c(c2)NC(=O)C(C)S3)NC(=O)NC1c1ccccc1. The lowest BCUT2D eigenvalue weighted by Gasteiger charge is -2.29. The number of anilines is 1. The third-order valence-electron chi connectivity index (χ3n) is 5.28. The molecule has 0 saturated carbocycles. The maximum absolute atomic E-state index is 12.8. The average Bonchev–Trinajstić information content (AvgIpc) is 2.83. The highest BCUT2D eigenvalue weighted by Crippen LogP contribution is 2.36. The molecule has 0 fully saturated rings. The number of nitrogens with one attached hydrogen (secondary N) is 3. The van der Waals surface area contributed by atoms with E-state index >= 15 is 0 Å².